The van der Waals surface area contributed by atoms with Crippen LogP contribution in [0.2, 0.25) is 0 Å². The van der Waals surface area contributed by atoms with Gasteiger partial charge in [-0.15, -0.1) is 0 Å². The van der Waals surface area contributed by atoms with Crippen molar-refractivity contribution < 1.29 is 23.1 Å². The number of thioether (sulfide) groups is 2. The lowest BCUT2D eigenvalue weighted by atomic mass is 9.85. The molecule has 2 atom stereocenters. The van der Waals surface area contributed by atoms with Gasteiger partial charge in [-0.1, -0.05) is 82.7 Å². The van der Waals surface area contributed by atoms with Crippen LogP contribution in [-0.2, 0) is 21.4 Å². The number of nitrogens with one attached hydrogen (secondary N) is 1. The molecule has 0 heterocycles. The van der Waals surface area contributed by atoms with Crippen LogP contribution in [0.4, 0.5) is 0 Å². The molecule has 2 unspecified atom stereocenters. The van der Waals surface area contributed by atoms with Crippen LogP contribution in [0.15, 0.2) is 42.5 Å². The fourth-order valence-electron chi connectivity index (χ4n) is 6.12. The summed E-state index contributed by atoms with van der Waals surface area (Å²) in [6.45, 7) is 6.35. The summed E-state index contributed by atoms with van der Waals surface area (Å²) in [6, 6.07) is 12.2. The molecule has 2 N–H and O–H groups in total. The number of hydrogen-bond acceptors (Lipinski definition) is 6. The van der Waals surface area contributed by atoms with Crippen molar-refractivity contribution in [3.63, 3.8) is 0 Å². The van der Waals surface area contributed by atoms with Crippen LogP contribution in [0.3, 0.4) is 0 Å². The number of carboxylic acid groups (broad SMARTS) is 1. The Kier molecular flexibility index (Phi) is 15.8. The highest BCUT2D eigenvalue weighted by molar-refractivity contribution is 7.99. The zero-order valence-electron chi connectivity index (χ0n) is 27.4. The van der Waals surface area contributed by atoms with Gasteiger partial charge in [0.15, 0.2) is 0 Å². The van der Waals surface area contributed by atoms with E-state index in [1.165, 1.54) is 31.0 Å². The predicted molar refractivity (Wildman–Crippen MR) is 191 cm³/mol. The summed E-state index contributed by atoms with van der Waals surface area (Å²) in [6.07, 6.45) is 10.5. The van der Waals surface area contributed by atoms with Gasteiger partial charge in [0.2, 0.25) is 10.0 Å². The zero-order valence-corrected chi connectivity index (χ0v) is 29.9. The molecule has 0 bridgehead atoms. The summed E-state index contributed by atoms with van der Waals surface area (Å²) in [7, 11) is -3.54. The molecule has 1 aliphatic carbocycles. The molecule has 1 saturated carbocycles. The van der Waals surface area contributed by atoms with Crippen LogP contribution in [0.25, 0.3) is 11.1 Å². The Morgan fingerprint density at radius 2 is 1.80 bits per heavy atom. The first-order valence-electron chi connectivity index (χ1n) is 16.4. The molecular formula is C35H52N2O5S3. The molecule has 1 amide bonds. The maximum atomic E-state index is 14.0. The van der Waals surface area contributed by atoms with Crippen LogP contribution < -0.4 is 5.32 Å². The van der Waals surface area contributed by atoms with Gasteiger partial charge in [0.1, 0.15) is 6.04 Å². The third-order valence-electron chi connectivity index (χ3n) is 8.68. The molecule has 0 spiro atoms. The molecule has 1 fully saturated rings. The minimum Gasteiger partial charge on any atom is -0.480 e. The predicted octanol–water partition coefficient (Wildman–Crippen LogP) is 7.62. The number of benzene rings is 2. The maximum absolute atomic E-state index is 14.0. The summed E-state index contributed by atoms with van der Waals surface area (Å²) in [5, 5.41) is 12.5. The Morgan fingerprint density at radius 3 is 2.44 bits per heavy atom. The average Bonchev–Trinajstić information content (AvgIpc) is 3.03. The lowest BCUT2D eigenvalue weighted by Crippen LogP contribution is -2.44. The van der Waals surface area contributed by atoms with Crippen molar-refractivity contribution in [1.29, 1.82) is 0 Å². The van der Waals surface area contributed by atoms with Gasteiger partial charge in [-0.2, -0.15) is 27.8 Å². The molecule has 7 nitrogen and oxygen atoms in total. The molecule has 0 radical (unpaired) electrons. The number of sulfonamides is 1. The van der Waals surface area contributed by atoms with Crippen LogP contribution >= 0.6 is 23.5 Å². The second-order valence-corrected chi connectivity index (χ2v) is 16.5. The number of aliphatic carboxylic acids is 1. The standard InChI is InChI=1S/C35H52N2O5S3/c1-5-7-21-45(41,42)37(29(25-44-6-2)22-27-14-9-8-10-15-27)24-28-17-18-31(32(23-28)30-16-12-11-13-26(30)3)34(38)36-33(35(39)40)19-20-43-4/h11-13,16-18,23,27,29,33H,5-10,14-15,19-22,24-25H2,1-4H3,(H,36,38)(H,39,40). The van der Waals surface area contributed by atoms with Crippen molar-refractivity contribution in [1.82, 2.24) is 9.62 Å². The van der Waals surface area contributed by atoms with E-state index in [-0.39, 0.29) is 18.3 Å². The van der Waals surface area contributed by atoms with Gasteiger partial charge in [0.05, 0.1) is 5.75 Å². The third kappa shape index (κ3) is 11.3. The number of carbonyl (C=O) groups is 2. The lowest BCUT2D eigenvalue weighted by Gasteiger charge is -2.34. The fraction of sp³-hybridized carbons (Fsp3) is 0.600. The monoisotopic (exact) mass is 676 g/mol. The highest BCUT2D eigenvalue weighted by atomic mass is 32.2. The van der Waals surface area contributed by atoms with Crippen molar-refractivity contribution in [2.45, 2.75) is 97.2 Å². The molecule has 2 aromatic rings. The smallest absolute Gasteiger partial charge is 0.326 e. The van der Waals surface area contributed by atoms with E-state index in [0.717, 1.165) is 53.9 Å². The minimum atomic E-state index is -3.54. The van der Waals surface area contributed by atoms with Gasteiger partial charge in [-0.05, 0) is 84.3 Å². The highest BCUT2D eigenvalue weighted by Gasteiger charge is 2.32. The van der Waals surface area contributed by atoms with Crippen LogP contribution in [0.5, 0.6) is 0 Å². The Morgan fingerprint density at radius 1 is 1.07 bits per heavy atom. The fourth-order valence-corrected chi connectivity index (χ4v) is 9.36. The molecule has 0 aliphatic heterocycles. The van der Waals surface area contributed by atoms with Crippen molar-refractivity contribution in [2.24, 2.45) is 5.92 Å². The molecule has 45 heavy (non-hydrogen) atoms. The number of rotatable bonds is 19. The van der Waals surface area contributed by atoms with E-state index in [2.05, 4.69) is 12.2 Å². The van der Waals surface area contributed by atoms with Crippen molar-refractivity contribution in [3.05, 3.63) is 59.2 Å². The van der Waals surface area contributed by atoms with E-state index in [1.807, 2.05) is 56.5 Å². The molecule has 0 saturated heterocycles. The van der Waals surface area contributed by atoms with E-state index >= 15 is 0 Å². The first-order valence-corrected chi connectivity index (χ1v) is 20.6. The van der Waals surface area contributed by atoms with E-state index in [0.29, 0.717) is 35.6 Å². The van der Waals surface area contributed by atoms with Crippen molar-refractivity contribution >= 4 is 45.4 Å². The largest absolute Gasteiger partial charge is 0.480 e. The molecule has 3 rings (SSSR count). The van der Waals surface area contributed by atoms with Crippen molar-refractivity contribution in [2.75, 3.05) is 29.3 Å². The Bertz CT molecular complexity index is 1340. The van der Waals surface area contributed by atoms with Gasteiger partial charge >= 0.3 is 5.97 Å². The number of carbonyl (C=O) groups excluding carboxylic acids is 1. The number of nitrogens with zero attached hydrogens (tertiary/aromatic N) is 1. The number of amides is 1. The van der Waals surface area contributed by atoms with Crippen LogP contribution in [-0.4, -0.2) is 71.1 Å². The van der Waals surface area contributed by atoms with Gasteiger partial charge in [-0.25, -0.2) is 13.2 Å². The summed E-state index contributed by atoms with van der Waals surface area (Å²) in [5.74, 6) is 1.45. The maximum Gasteiger partial charge on any atom is 0.326 e. The average molecular weight is 677 g/mol. The Hall–Kier alpha value is -2.01. The first-order chi connectivity index (χ1) is 21.6. The second-order valence-electron chi connectivity index (χ2n) is 12.1. The Balaban J connectivity index is 2.05. The quantitative estimate of drug-likeness (QED) is 0.158. The first kappa shape index (κ1) is 37.4. The normalized spacial score (nSPS) is 15.6. The van der Waals surface area contributed by atoms with E-state index in [4.69, 9.17) is 0 Å². The molecule has 250 valence electrons. The number of aryl methyl sites for hydroxylation is 1. The SMILES string of the molecule is CCCCS(=O)(=O)N(Cc1ccc(C(=O)NC(CCSC)C(=O)O)c(-c2ccccc2C)c1)C(CSCC)CC1CCCCC1. The van der Waals surface area contributed by atoms with Gasteiger partial charge in [-0.3, -0.25) is 4.79 Å². The zero-order chi connectivity index (χ0) is 32.8. The molecule has 0 aromatic heterocycles. The summed E-state index contributed by atoms with van der Waals surface area (Å²) < 4.78 is 29.7. The third-order valence-corrected chi connectivity index (χ3v) is 12.3. The highest BCUT2D eigenvalue weighted by Crippen LogP contribution is 2.33. The second kappa shape index (κ2) is 19.0. The summed E-state index contributed by atoms with van der Waals surface area (Å²) in [4.78, 5) is 25.5. The minimum absolute atomic E-state index is 0.0995. The Labute approximate surface area is 279 Å². The topological polar surface area (TPSA) is 104 Å². The summed E-state index contributed by atoms with van der Waals surface area (Å²) >= 11 is 3.33. The molecular weight excluding hydrogens is 625 g/mol. The van der Waals surface area contributed by atoms with Gasteiger partial charge < -0.3 is 10.4 Å². The van der Waals surface area contributed by atoms with Crippen LogP contribution in [0.1, 0.15) is 93.1 Å². The van der Waals surface area contributed by atoms with E-state index < -0.39 is 27.9 Å². The van der Waals surface area contributed by atoms with Gasteiger partial charge in [0, 0.05) is 23.9 Å². The molecule has 1 aliphatic rings. The molecule has 10 heteroatoms. The molecule has 2 aromatic carbocycles. The van der Waals surface area contributed by atoms with Crippen LogP contribution in [0, 0.1) is 12.8 Å². The van der Waals surface area contributed by atoms with Crippen molar-refractivity contribution in [3.8, 4) is 11.1 Å². The number of carboxylic acids is 1. The van der Waals surface area contributed by atoms with Gasteiger partial charge in [0.25, 0.3) is 5.91 Å². The number of unbranched alkanes of at least 4 members (excludes halogenated alkanes) is 1. The van der Waals surface area contributed by atoms with E-state index in [1.54, 1.807) is 22.1 Å². The van der Waals surface area contributed by atoms with E-state index in [9.17, 15) is 23.1 Å². The summed E-state index contributed by atoms with van der Waals surface area (Å²) in [5.41, 5.74) is 3.71. The lowest BCUT2D eigenvalue weighted by molar-refractivity contribution is -0.139. The number of hydrogen-bond donors (Lipinski definition) is 2.